The lowest BCUT2D eigenvalue weighted by Crippen LogP contribution is -2.64. The lowest BCUT2D eigenvalue weighted by molar-refractivity contribution is -0.134. The van der Waals surface area contributed by atoms with Crippen molar-refractivity contribution in [1.29, 1.82) is 0 Å². The Bertz CT molecular complexity index is 578. The van der Waals surface area contributed by atoms with Gasteiger partial charge in [-0.3, -0.25) is 14.5 Å². The molecule has 1 heterocycles. The number of piperazine rings is 1. The maximum absolute atomic E-state index is 12.8. The molecule has 1 saturated heterocycles. The van der Waals surface area contributed by atoms with Crippen LogP contribution in [-0.2, 0) is 9.59 Å². The highest BCUT2D eigenvalue weighted by molar-refractivity contribution is 9.10. The molecule has 2 amide bonds. The quantitative estimate of drug-likeness (QED) is 0.911. The Morgan fingerprint density at radius 2 is 2.00 bits per heavy atom. The topological polar surface area (TPSA) is 49.4 Å². The van der Waals surface area contributed by atoms with E-state index in [-0.39, 0.29) is 17.9 Å². The van der Waals surface area contributed by atoms with Gasteiger partial charge in [0.15, 0.2) is 0 Å². The minimum absolute atomic E-state index is 0.0291. The highest BCUT2D eigenvalue weighted by atomic mass is 79.9. The Morgan fingerprint density at radius 1 is 1.29 bits per heavy atom. The highest BCUT2D eigenvalue weighted by Gasteiger charge is 2.46. The summed E-state index contributed by atoms with van der Waals surface area (Å²) >= 11 is 3.47. The van der Waals surface area contributed by atoms with Crippen LogP contribution in [0.2, 0.25) is 0 Å². The first-order valence-electron chi connectivity index (χ1n) is 7.42. The zero-order chi connectivity index (χ0) is 15.1. The normalized spacial score (nSPS) is 26.0. The number of benzene rings is 1. The Morgan fingerprint density at radius 3 is 2.57 bits per heavy atom. The third-order valence-electron chi connectivity index (χ3n) is 4.20. The van der Waals surface area contributed by atoms with Crippen molar-refractivity contribution in [2.45, 2.75) is 45.2 Å². The largest absolute Gasteiger partial charge is 0.342 e. The Hall–Kier alpha value is -1.36. The highest BCUT2D eigenvalue weighted by Crippen LogP contribution is 2.37. The van der Waals surface area contributed by atoms with E-state index in [4.69, 9.17) is 0 Å². The van der Waals surface area contributed by atoms with Crippen molar-refractivity contribution in [3.05, 3.63) is 28.2 Å². The van der Waals surface area contributed by atoms with Gasteiger partial charge in [-0.2, -0.15) is 0 Å². The molecule has 2 unspecified atom stereocenters. The number of rotatable bonds is 3. The number of hydrogen-bond acceptors (Lipinski definition) is 2. The van der Waals surface area contributed by atoms with Crippen molar-refractivity contribution in [2.75, 3.05) is 4.90 Å². The number of carbonyl (C=O) groups excluding carboxylic acids is 2. The number of amides is 2. The van der Waals surface area contributed by atoms with Crippen LogP contribution < -0.4 is 10.2 Å². The van der Waals surface area contributed by atoms with E-state index in [0.717, 1.165) is 28.6 Å². The molecule has 1 N–H and O–H groups in total. The number of nitrogens with one attached hydrogen (secondary N) is 1. The van der Waals surface area contributed by atoms with Crippen molar-refractivity contribution in [3.8, 4) is 0 Å². The summed E-state index contributed by atoms with van der Waals surface area (Å²) in [6, 6.07) is 5.11. The number of anilines is 1. The molecule has 2 fully saturated rings. The predicted molar refractivity (Wildman–Crippen MR) is 85.1 cm³/mol. The average Bonchev–Trinajstić information content (AvgIpc) is 3.23. The van der Waals surface area contributed by atoms with Gasteiger partial charge in [-0.15, -0.1) is 0 Å². The van der Waals surface area contributed by atoms with Crippen LogP contribution in [0.5, 0.6) is 0 Å². The summed E-state index contributed by atoms with van der Waals surface area (Å²) in [4.78, 5) is 26.9. The summed E-state index contributed by atoms with van der Waals surface area (Å²) in [6.07, 6.45) is 2.66. The Labute approximate surface area is 133 Å². The number of hydrogen-bond donors (Lipinski definition) is 1. The van der Waals surface area contributed by atoms with Crippen molar-refractivity contribution >= 4 is 33.4 Å². The van der Waals surface area contributed by atoms with Gasteiger partial charge < -0.3 is 5.32 Å². The van der Waals surface area contributed by atoms with Gasteiger partial charge in [-0.05, 0) is 55.9 Å². The van der Waals surface area contributed by atoms with Crippen LogP contribution in [0, 0.1) is 12.8 Å². The van der Waals surface area contributed by atoms with E-state index in [1.54, 1.807) is 4.90 Å². The van der Waals surface area contributed by atoms with Crippen LogP contribution in [0.15, 0.2) is 22.7 Å². The van der Waals surface area contributed by atoms with E-state index in [1.165, 1.54) is 0 Å². The third-order valence-corrected chi connectivity index (χ3v) is 4.66. The molecular weight excluding hydrogens is 332 g/mol. The smallest absolute Gasteiger partial charge is 0.250 e. The maximum Gasteiger partial charge on any atom is 0.250 e. The third kappa shape index (κ3) is 2.71. The van der Waals surface area contributed by atoms with Crippen LogP contribution in [-0.4, -0.2) is 23.9 Å². The first kappa shape index (κ1) is 14.6. The molecule has 1 aliphatic heterocycles. The second-order valence-electron chi connectivity index (χ2n) is 5.94. The molecule has 3 rings (SSSR count). The molecule has 0 bridgehead atoms. The molecule has 0 spiro atoms. The second kappa shape index (κ2) is 5.44. The fourth-order valence-corrected chi connectivity index (χ4v) is 3.61. The van der Waals surface area contributed by atoms with Gasteiger partial charge in [0.1, 0.15) is 12.1 Å². The summed E-state index contributed by atoms with van der Waals surface area (Å²) in [6.45, 7) is 3.93. The Kier molecular flexibility index (Phi) is 3.78. The molecule has 2 aliphatic rings. The van der Waals surface area contributed by atoms with E-state index in [0.29, 0.717) is 12.3 Å². The molecule has 21 heavy (non-hydrogen) atoms. The summed E-state index contributed by atoms with van der Waals surface area (Å²) in [5.74, 6) is 0.308. The summed E-state index contributed by atoms with van der Waals surface area (Å²) in [5, 5.41) is 2.92. The summed E-state index contributed by atoms with van der Waals surface area (Å²) in [5.41, 5.74) is 1.87. The minimum atomic E-state index is -0.416. The van der Waals surface area contributed by atoms with Gasteiger partial charge in [-0.25, -0.2) is 0 Å². The molecule has 2 atom stereocenters. The van der Waals surface area contributed by atoms with E-state index < -0.39 is 6.04 Å². The standard InChI is InChI=1S/C16H19BrN2O2/c1-3-13-15(20)18-14(10-4-5-10)16(21)19(13)12-7-9(2)6-11(17)8-12/h6-8,10,13-14H,3-5H2,1-2H3,(H,18,20). The van der Waals surface area contributed by atoms with Crippen LogP contribution in [0.1, 0.15) is 31.7 Å². The predicted octanol–water partition coefficient (Wildman–Crippen LogP) is 2.78. The molecule has 4 nitrogen and oxygen atoms in total. The van der Waals surface area contributed by atoms with E-state index in [2.05, 4.69) is 21.2 Å². The number of aryl methyl sites for hydroxylation is 1. The van der Waals surface area contributed by atoms with Gasteiger partial charge in [-0.1, -0.05) is 22.9 Å². The molecular formula is C16H19BrN2O2. The Balaban J connectivity index is 2.01. The van der Waals surface area contributed by atoms with Gasteiger partial charge in [0.05, 0.1) is 0 Å². The maximum atomic E-state index is 12.8. The van der Waals surface area contributed by atoms with E-state index in [1.807, 2.05) is 32.0 Å². The fourth-order valence-electron chi connectivity index (χ4n) is 3.01. The number of nitrogens with zero attached hydrogens (tertiary/aromatic N) is 1. The molecule has 0 aromatic heterocycles. The van der Waals surface area contributed by atoms with Crippen LogP contribution >= 0.6 is 15.9 Å². The first-order valence-corrected chi connectivity index (χ1v) is 8.21. The zero-order valence-corrected chi connectivity index (χ0v) is 13.8. The second-order valence-corrected chi connectivity index (χ2v) is 6.86. The van der Waals surface area contributed by atoms with Gasteiger partial charge in [0.2, 0.25) is 5.91 Å². The average molecular weight is 351 g/mol. The van der Waals surface area contributed by atoms with Crippen LogP contribution in [0.4, 0.5) is 5.69 Å². The van der Waals surface area contributed by atoms with Crippen LogP contribution in [0.3, 0.4) is 0 Å². The van der Waals surface area contributed by atoms with Gasteiger partial charge in [0.25, 0.3) is 5.91 Å². The van der Waals surface area contributed by atoms with Crippen molar-refractivity contribution in [1.82, 2.24) is 5.32 Å². The first-order chi connectivity index (χ1) is 10.0. The molecule has 5 heteroatoms. The summed E-state index contributed by atoms with van der Waals surface area (Å²) in [7, 11) is 0. The molecule has 112 valence electrons. The van der Waals surface area contributed by atoms with E-state index in [9.17, 15) is 9.59 Å². The lowest BCUT2D eigenvalue weighted by atomic mass is 10.0. The van der Waals surface area contributed by atoms with Gasteiger partial charge in [0, 0.05) is 10.2 Å². The number of carbonyl (C=O) groups is 2. The monoisotopic (exact) mass is 350 g/mol. The molecule has 0 radical (unpaired) electrons. The van der Waals surface area contributed by atoms with Crippen molar-refractivity contribution in [2.24, 2.45) is 5.92 Å². The van der Waals surface area contributed by atoms with Crippen molar-refractivity contribution in [3.63, 3.8) is 0 Å². The molecule has 1 saturated carbocycles. The summed E-state index contributed by atoms with van der Waals surface area (Å²) < 4.78 is 0.925. The zero-order valence-electron chi connectivity index (χ0n) is 12.2. The lowest BCUT2D eigenvalue weighted by Gasteiger charge is -2.39. The van der Waals surface area contributed by atoms with Crippen LogP contribution in [0.25, 0.3) is 0 Å². The molecule has 1 aliphatic carbocycles. The molecule has 1 aromatic rings. The van der Waals surface area contributed by atoms with Crippen molar-refractivity contribution < 1.29 is 9.59 Å². The number of halogens is 1. The fraction of sp³-hybridized carbons (Fsp3) is 0.500. The van der Waals surface area contributed by atoms with Gasteiger partial charge >= 0.3 is 0 Å². The SMILES string of the molecule is CCC1C(=O)NC(C2CC2)C(=O)N1c1cc(C)cc(Br)c1. The van der Waals surface area contributed by atoms with E-state index >= 15 is 0 Å². The molecule has 1 aromatic carbocycles. The minimum Gasteiger partial charge on any atom is -0.342 e.